The van der Waals surface area contributed by atoms with Crippen molar-refractivity contribution in [1.82, 2.24) is 15.1 Å². The number of nitrogens with one attached hydrogen (secondary N) is 1. The fraction of sp³-hybridized carbons (Fsp3) is 0.167. The number of rotatable bonds is 1. The molecule has 0 saturated heterocycles. The molecule has 0 atom stereocenters. The number of carbonyl (C=O) groups is 1. The van der Waals surface area contributed by atoms with Crippen molar-refractivity contribution in [3.05, 3.63) is 75.2 Å². The van der Waals surface area contributed by atoms with Crippen LogP contribution in [0.5, 0.6) is 0 Å². The molecule has 0 radical (unpaired) electrons. The molecule has 0 unspecified atom stereocenters. The van der Waals surface area contributed by atoms with Crippen LogP contribution >= 0.6 is 0 Å². The van der Waals surface area contributed by atoms with Crippen LogP contribution in [0.4, 0.5) is 8.78 Å². The van der Waals surface area contributed by atoms with Gasteiger partial charge in [0.1, 0.15) is 0 Å². The molecule has 2 heterocycles. The van der Waals surface area contributed by atoms with Crippen LogP contribution in [0, 0.1) is 11.6 Å². The minimum Gasteiger partial charge on any atom is -0.333 e. The predicted molar refractivity (Wildman–Crippen MR) is 87.2 cm³/mol. The third-order valence-corrected chi connectivity index (χ3v) is 4.44. The molecular weight excluding hydrogens is 328 g/mol. The summed E-state index contributed by atoms with van der Waals surface area (Å²) in [7, 11) is 0. The first-order valence-corrected chi connectivity index (χ1v) is 7.78. The zero-order valence-electron chi connectivity index (χ0n) is 13.1. The molecule has 4 rings (SSSR count). The summed E-state index contributed by atoms with van der Waals surface area (Å²) in [4.78, 5) is 26.2. The molecule has 2 aromatic carbocycles. The summed E-state index contributed by atoms with van der Waals surface area (Å²) in [5.41, 5.74) is 1.05. The third-order valence-electron chi connectivity index (χ3n) is 4.44. The quantitative estimate of drug-likeness (QED) is 0.739. The van der Waals surface area contributed by atoms with Crippen molar-refractivity contribution in [3.63, 3.8) is 0 Å². The van der Waals surface area contributed by atoms with Crippen LogP contribution in [0.25, 0.3) is 10.8 Å². The van der Waals surface area contributed by atoms with Crippen LogP contribution in [0.3, 0.4) is 0 Å². The lowest BCUT2D eigenvalue weighted by Gasteiger charge is -2.29. The second kappa shape index (κ2) is 5.77. The number of amides is 1. The van der Waals surface area contributed by atoms with Gasteiger partial charge in [0.25, 0.3) is 11.5 Å². The number of aromatic nitrogens is 2. The normalized spacial score (nSPS) is 13.8. The summed E-state index contributed by atoms with van der Waals surface area (Å²) >= 11 is 0. The van der Waals surface area contributed by atoms with E-state index in [-0.39, 0.29) is 23.7 Å². The standard InChI is InChI=1S/C18H13F2N3O2/c19-14-7-10-5-6-23(9-11(10)8-15(14)20)18(25)16-12-3-1-2-4-13(12)17(24)22-21-16/h1-4,7-8H,5-6,9H2,(H,22,24). The van der Waals surface area contributed by atoms with Crippen molar-refractivity contribution in [2.75, 3.05) is 6.54 Å². The Morgan fingerprint density at radius 3 is 2.52 bits per heavy atom. The Balaban J connectivity index is 1.72. The van der Waals surface area contributed by atoms with Gasteiger partial charge >= 0.3 is 0 Å². The Hall–Kier alpha value is -3.09. The second-order valence-corrected chi connectivity index (χ2v) is 5.96. The van der Waals surface area contributed by atoms with E-state index in [1.54, 1.807) is 24.3 Å². The van der Waals surface area contributed by atoms with Crippen LogP contribution in [0.15, 0.2) is 41.2 Å². The summed E-state index contributed by atoms with van der Waals surface area (Å²) in [5.74, 6) is -2.17. The topological polar surface area (TPSA) is 66.1 Å². The number of benzene rings is 2. The van der Waals surface area contributed by atoms with Gasteiger partial charge in [-0.25, -0.2) is 13.9 Å². The largest absolute Gasteiger partial charge is 0.333 e. The summed E-state index contributed by atoms with van der Waals surface area (Å²) < 4.78 is 26.8. The van der Waals surface area contributed by atoms with Gasteiger partial charge in [0.15, 0.2) is 17.3 Å². The van der Waals surface area contributed by atoms with Gasteiger partial charge in [0.05, 0.1) is 5.39 Å². The molecule has 1 aliphatic heterocycles. The molecule has 3 aromatic rings. The maximum Gasteiger partial charge on any atom is 0.275 e. The van der Waals surface area contributed by atoms with E-state index in [4.69, 9.17) is 0 Å². The van der Waals surface area contributed by atoms with Gasteiger partial charge in [-0.3, -0.25) is 9.59 Å². The maximum atomic E-state index is 13.5. The fourth-order valence-corrected chi connectivity index (χ4v) is 3.15. The lowest BCUT2D eigenvalue weighted by molar-refractivity contribution is 0.0729. The molecule has 1 amide bonds. The van der Waals surface area contributed by atoms with Crippen molar-refractivity contribution in [2.45, 2.75) is 13.0 Å². The highest BCUT2D eigenvalue weighted by Gasteiger charge is 2.25. The molecule has 126 valence electrons. The fourth-order valence-electron chi connectivity index (χ4n) is 3.15. The third kappa shape index (κ3) is 2.57. The van der Waals surface area contributed by atoms with Gasteiger partial charge in [-0.2, -0.15) is 5.10 Å². The average molecular weight is 341 g/mol. The van der Waals surface area contributed by atoms with Gasteiger partial charge in [-0.15, -0.1) is 0 Å². The second-order valence-electron chi connectivity index (χ2n) is 5.96. The lowest BCUT2D eigenvalue weighted by Crippen LogP contribution is -2.37. The highest BCUT2D eigenvalue weighted by molar-refractivity contribution is 6.04. The maximum absolute atomic E-state index is 13.5. The molecular formula is C18H13F2N3O2. The predicted octanol–water partition coefficient (Wildman–Crippen LogP) is 2.40. The van der Waals surface area contributed by atoms with Crippen molar-refractivity contribution < 1.29 is 13.6 Å². The van der Waals surface area contributed by atoms with E-state index < -0.39 is 11.6 Å². The Morgan fingerprint density at radius 1 is 1.08 bits per heavy atom. The molecule has 0 fully saturated rings. The van der Waals surface area contributed by atoms with Gasteiger partial charge in [-0.1, -0.05) is 18.2 Å². The van der Waals surface area contributed by atoms with Crippen LogP contribution in [-0.2, 0) is 13.0 Å². The zero-order chi connectivity index (χ0) is 17.6. The van der Waals surface area contributed by atoms with Gasteiger partial charge in [0.2, 0.25) is 0 Å². The van der Waals surface area contributed by atoms with Gasteiger partial charge in [-0.05, 0) is 35.7 Å². The number of halogens is 2. The number of hydrogen-bond acceptors (Lipinski definition) is 3. The van der Waals surface area contributed by atoms with Gasteiger partial charge < -0.3 is 4.90 Å². The summed E-state index contributed by atoms with van der Waals surface area (Å²) in [5, 5.41) is 7.09. The van der Waals surface area contributed by atoms with E-state index in [9.17, 15) is 18.4 Å². The van der Waals surface area contributed by atoms with E-state index in [0.29, 0.717) is 34.9 Å². The summed E-state index contributed by atoms with van der Waals surface area (Å²) in [6, 6.07) is 9.03. The Morgan fingerprint density at radius 2 is 1.76 bits per heavy atom. The minimum absolute atomic E-state index is 0.140. The van der Waals surface area contributed by atoms with Gasteiger partial charge in [0, 0.05) is 18.5 Å². The molecule has 0 saturated carbocycles. The zero-order valence-corrected chi connectivity index (χ0v) is 13.1. The first-order chi connectivity index (χ1) is 12.0. The first-order valence-electron chi connectivity index (χ1n) is 7.78. The molecule has 1 aliphatic rings. The highest BCUT2D eigenvalue weighted by Crippen LogP contribution is 2.24. The molecule has 0 spiro atoms. The smallest absolute Gasteiger partial charge is 0.275 e. The number of nitrogens with zero attached hydrogens (tertiary/aromatic N) is 2. The van der Waals surface area contributed by atoms with Crippen molar-refractivity contribution in [1.29, 1.82) is 0 Å². The van der Waals surface area contributed by atoms with E-state index in [0.717, 1.165) is 6.07 Å². The van der Waals surface area contributed by atoms with E-state index in [1.807, 2.05) is 0 Å². The average Bonchev–Trinajstić information content (AvgIpc) is 2.62. The Kier molecular flexibility index (Phi) is 3.56. The lowest BCUT2D eigenvalue weighted by atomic mass is 9.98. The monoisotopic (exact) mass is 341 g/mol. The first kappa shape index (κ1) is 15.4. The highest BCUT2D eigenvalue weighted by atomic mass is 19.2. The SMILES string of the molecule is O=C(c1n[nH]c(=O)c2ccccc12)N1CCc2cc(F)c(F)cc2C1. The molecule has 1 N–H and O–H groups in total. The van der Waals surface area contributed by atoms with E-state index in [1.165, 1.54) is 11.0 Å². The van der Waals surface area contributed by atoms with Crippen LogP contribution < -0.4 is 5.56 Å². The number of carbonyl (C=O) groups excluding carboxylic acids is 1. The Bertz CT molecular complexity index is 1060. The molecule has 7 heteroatoms. The molecule has 5 nitrogen and oxygen atoms in total. The molecule has 0 aliphatic carbocycles. The van der Waals surface area contributed by atoms with Crippen molar-refractivity contribution in [3.8, 4) is 0 Å². The van der Waals surface area contributed by atoms with Crippen molar-refractivity contribution >= 4 is 16.7 Å². The van der Waals surface area contributed by atoms with Crippen LogP contribution in [0.2, 0.25) is 0 Å². The number of H-pyrrole nitrogens is 1. The van der Waals surface area contributed by atoms with Crippen molar-refractivity contribution in [2.24, 2.45) is 0 Å². The van der Waals surface area contributed by atoms with Crippen LogP contribution in [0.1, 0.15) is 21.6 Å². The number of hydrogen-bond donors (Lipinski definition) is 1. The van der Waals surface area contributed by atoms with E-state index >= 15 is 0 Å². The Labute approximate surface area is 140 Å². The summed E-state index contributed by atoms with van der Waals surface area (Å²) in [6.45, 7) is 0.534. The molecule has 0 bridgehead atoms. The number of aromatic amines is 1. The van der Waals surface area contributed by atoms with E-state index in [2.05, 4.69) is 10.2 Å². The van der Waals surface area contributed by atoms with Crippen LogP contribution in [-0.4, -0.2) is 27.5 Å². The molecule has 1 aromatic heterocycles. The minimum atomic E-state index is -0.930. The molecule has 25 heavy (non-hydrogen) atoms. The summed E-state index contributed by atoms with van der Waals surface area (Å²) in [6.07, 6.45) is 0.430. The number of fused-ring (bicyclic) bond motifs is 2.